The SMILES string of the molecule is COc1cc(OC)cc(S(=O)(=O)Nc2cc(SNC3CC3)ccc2OC)c1. The topological polar surface area (TPSA) is 85.9 Å². The molecule has 1 aliphatic rings. The van der Waals surface area contributed by atoms with Gasteiger partial charge in [0.1, 0.15) is 17.2 Å². The zero-order chi connectivity index (χ0) is 19.4. The van der Waals surface area contributed by atoms with Gasteiger partial charge in [-0.25, -0.2) is 8.42 Å². The van der Waals surface area contributed by atoms with Crippen LogP contribution in [0, 0.1) is 0 Å². The van der Waals surface area contributed by atoms with Crippen LogP contribution >= 0.6 is 11.9 Å². The van der Waals surface area contributed by atoms with E-state index in [1.54, 1.807) is 18.2 Å². The summed E-state index contributed by atoms with van der Waals surface area (Å²) in [5.74, 6) is 1.21. The van der Waals surface area contributed by atoms with Crippen molar-refractivity contribution in [2.75, 3.05) is 26.1 Å². The number of nitrogens with one attached hydrogen (secondary N) is 2. The standard InChI is InChI=1S/C18H22N2O5S2/c1-23-13-8-14(24-2)10-16(9-13)27(21,22)20-17-11-15(6-7-18(17)25-3)26-19-12-4-5-12/h6-12,19-20H,4-5H2,1-3H3. The minimum absolute atomic E-state index is 0.0370. The molecule has 0 unspecified atom stereocenters. The molecule has 146 valence electrons. The first-order chi connectivity index (χ1) is 12.9. The summed E-state index contributed by atoms with van der Waals surface area (Å²) in [6.07, 6.45) is 2.33. The molecule has 2 aromatic carbocycles. The summed E-state index contributed by atoms with van der Waals surface area (Å²) in [4.78, 5) is 0.929. The number of ether oxygens (including phenoxy) is 3. The zero-order valence-electron chi connectivity index (χ0n) is 15.3. The zero-order valence-corrected chi connectivity index (χ0v) is 16.9. The minimum Gasteiger partial charge on any atom is -0.497 e. The van der Waals surface area contributed by atoms with Crippen LogP contribution in [0.4, 0.5) is 5.69 Å². The molecule has 0 atom stereocenters. The van der Waals surface area contributed by atoms with Crippen LogP contribution in [0.5, 0.6) is 17.2 Å². The maximum absolute atomic E-state index is 12.9. The highest BCUT2D eigenvalue weighted by Gasteiger charge is 2.22. The summed E-state index contributed by atoms with van der Waals surface area (Å²) in [6.45, 7) is 0. The van der Waals surface area contributed by atoms with E-state index in [0.717, 1.165) is 4.90 Å². The van der Waals surface area contributed by atoms with Crippen LogP contribution in [-0.2, 0) is 10.0 Å². The number of anilines is 1. The van der Waals surface area contributed by atoms with Crippen LogP contribution in [0.2, 0.25) is 0 Å². The number of hydrogen-bond acceptors (Lipinski definition) is 7. The van der Waals surface area contributed by atoms with Crippen molar-refractivity contribution in [2.24, 2.45) is 0 Å². The lowest BCUT2D eigenvalue weighted by Crippen LogP contribution is -2.14. The molecule has 0 spiro atoms. The van der Waals surface area contributed by atoms with E-state index in [-0.39, 0.29) is 4.90 Å². The van der Waals surface area contributed by atoms with Crippen LogP contribution in [0.25, 0.3) is 0 Å². The highest BCUT2D eigenvalue weighted by molar-refractivity contribution is 7.97. The Hall–Kier alpha value is -2.10. The van der Waals surface area contributed by atoms with Gasteiger partial charge >= 0.3 is 0 Å². The first-order valence-electron chi connectivity index (χ1n) is 8.31. The van der Waals surface area contributed by atoms with Crippen LogP contribution in [-0.4, -0.2) is 35.8 Å². The van der Waals surface area contributed by atoms with E-state index >= 15 is 0 Å². The third-order valence-electron chi connectivity index (χ3n) is 3.97. The fourth-order valence-corrected chi connectivity index (χ4v) is 4.28. The van der Waals surface area contributed by atoms with Gasteiger partial charge in [0.25, 0.3) is 10.0 Å². The molecule has 0 saturated heterocycles. The Morgan fingerprint density at radius 1 is 0.963 bits per heavy atom. The first-order valence-corrected chi connectivity index (χ1v) is 10.6. The highest BCUT2D eigenvalue weighted by atomic mass is 32.2. The van der Waals surface area contributed by atoms with Gasteiger partial charge in [0.2, 0.25) is 0 Å². The molecule has 3 rings (SSSR count). The van der Waals surface area contributed by atoms with Gasteiger partial charge in [0.15, 0.2) is 0 Å². The van der Waals surface area contributed by atoms with E-state index in [9.17, 15) is 8.42 Å². The molecule has 27 heavy (non-hydrogen) atoms. The Morgan fingerprint density at radius 2 is 1.63 bits per heavy atom. The largest absolute Gasteiger partial charge is 0.497 e. The van der Waals surface area contributed by atoms with Crippen molar-refractivity contribution in [3.63, 3.8) is 0 Å². The Balaban J connectivity index is 1.88. The van der Waals surface area contributed by atoms with Crippen molar-refractivity contribution in [1.82, 2.24) is 4.72 Å². The van der Waals surface area contributed by atoms with E-state index in [2.05, 4.69) is 9.44 Å². The Morgan fingerprint density at radius 3 is 2.19 bits per heavy atom. The third kappa shape index (κ3) is 5.00. The fourth-order valence-electron chi connectivity index (χ4n) is 2.32. The second-order valence-electron chi connectivity index (χ2n) is 6.01. The lowest BCUT2D eigenvalue weighted by atomic mass is 10.3. The number of benzene rings is 2. The van der Waals surface area contributed by atoms with Crippen molar-refractivity contribution in [3.05, 3.63) is 36.4 Å². The van der Waals surface area contributed by atoms with Crippen molar-refractivity contribution < 1.29 is 22.6 Å². The molecule has 0 amide bonds. The second-order valence-corrected chi connectivity index (χ2v) is 8.60. The highest BCUT2D eigenvalue weighted by Crippen LogP contribution is 2.34. The molecule has 9 heteroatoms. The van der Waals surface area contributed by atoms with E-state index in [0.29, 0.717) is 29.0 Å². The Bertz CT molecular complexity index is 892. The average molecular weight is 411 g/mol. The number of hydrogen-bond donors (Lipinski definition) is 2. The second kappa shape index (κ2) is 8.28. The van der Waals surface area contributed by atoms with Gasteiger partial charge in [0, 0.05) is 29.1 Å². The van der Waals surface area contributed by atoms with Crippen LogP contribution in [0.3, 0.4) is 0 Å². The summed E-state index contributed by atoms with van der Waals surface area (Å²) in [5, 5.41) is 0. The van der Waals surface area contributed by atoms with Gasteiger partial charge < -0.3 is 14.2 Å². The monoisotopic (exact) mass is 410 g/mol. The van der Waals surface area contributed by atoms with Gasteiger partial charge in [-0.05, 0) is 43.0 Å². The van der Waals surface area contributed by atoms with Gasteiger partial charge in [-0.2, -0.15) is 0 Å². The molecule has 0 heterocycles. The van der Waals surface area contributed by atoms with Crippen molar-refractivity contribution in [3.8, 4) is 17.2 Å². The summed E-state index contributed by atoms with van der Waals surface area (Å²) in [7, 11) is 0.565. The minimum atomic E-state index is -3.87. The first kappa shape index (κ1) is 19.7. The number of methoxy groups -OCH3 is 3. The molecule has 2 aromatic rings. The smallest absolute Gasteiger partial charge is 0.262 e. The molecule has 1 aliphatic carbocycles. The molecule has 7 nitrogen and oxygen atoms in total. The normalized spacial score (nSPS) is 13.9. The quantitative estimate of drug-likeness (QED) is 0.614. The molecular weight excluding hydrogens is 388 g/mol. The Kier molecular flexibility index (Phi) is 6.03. The summed E-state index contributed by atoms with van der Waals surface area (Å²) < 4.78 is 47.3. The summed E-state index contributed by atoms with van der Waals surface area (Å²) >= 11 is 1.48. The van der Waals surface area contributed by atoms with E-state index in [1.807, 2.05) is 6.07 Å². The van der Waals surface area contributed by atoms with E-state index in [1.165, 1.54) is 58.3 Å². The maximum atomic E-state index is 12.9. The van der Waals surface area contributed by atoms with Crippen LogP contribution < -0.4 is 23.7 Å². The maximum Gasteiger partial charge on any atom is 0.262 e. The average Bonchev–Trinajstić information content (AvgIpc) is 3.50. The van der Waals surface area contributed by atoms with Crippen molar-refractivity contribution in [1.29, 1.82) is 0 Å². The van der Waals surface area contributed by atoms with Gasteiger partial charge in [-0.3, -0.25) is 9.44 Å². The lowest BCUT2D eigenvalue weighted by molar-refractivity contribution is 0.392. The molecule has 2 N–H and O–H groups in total. The molecule has 0 radical (unpaired) electrons. The van der Waals surface area contributed by atoms with E-state index in [4.69, 9.17) is 14.2 Å². The summed E-state index contributed by atoms with van der Waals surface area (Å²) in [6, 6.07) is 10.4. The molecule has 0 aromatic heterocycles. The predicted octanol–water partition coefficient (Wildman–Crippen LogP) is 3.27. The fraction of sp³-hybridized carbons (Fsp3) is 0.333. The van der Waals surface area contributed by atoms with Gasteiger partial charge in [-0.15, -0.1) is 0 Å². The van der Waals surface area contributed by atoms with Crippen molar-refractivity contribution >= 4 is 27.7 Å². The van der Waals surface area contributed by atoms with Gasteiger partial charge in [-0.1, -0.05) is 0 Å². The number of rotatable bonds is 9. The predicted molar refractivity (Wildman–Crippen MR) is 105 cm³/mol. The molecule has 1 saturated carbocycles. The molecule has 1 fully saturated rings. The molecule has 0 bridgehead atoms. The van der Waals surface area contributed by atoms with Crippen molar-refractivity contribution in [2.45, 2.75) is 28.7 Å². The lowest BCUT2D eigenvalue weighted by Gasteiger charge is -2.14. The molecule has 0 aliphatic heterocycles. The van der Waals surface area contributed by atoms with Crippen LogP contribution in [0.15, 0.2) is 46.2 Å². The van der Waals surface area contributed by atoms with E-state index < -0.39 is 10.0 Å². The number of sulfonamides is 1. The summed E-state index contributed by atoms with van der Waals surface area (Å²) in [5.41, 5.74) is 0.363. The van der Waals surface area contributed by atoms with Gasteiger partial charge in [0.05, 0.1) is 31.9 Å². The Labute approximate surface area is 163 Å². The van der Waals surface area contributed by atoms with Crippen LogP contribution in [0.1, 0.15) is 12.8 Å². The third-order valence-corrected chi connectivity index (χ3v) is 6.26. The molecular formula is C18H22N2O5S2.